The summed E-state index contributed by atoms with van der Waals surface area (Å²) in [6.07, 6.45) is 0. The van der Waals surface area contributed by atoms with Gasteiger partial charge < -0.3 is 9.84 Å². The van der Waals surface area contributed by atoms with E-state index in [-0.39, 0.29) is 19.7 Å². The molecule has 84 valence electrons. The Morgan fingerprint density at radius 2 is 2.33 bits per heavy atom. The molecule has 1 atom stereocenters. The standard InChI is InChI=1S/C7H12N4O4/c1-2-15-6(12)4-9-5(7(13)14)3-10-11-8/h5,9H,2-4H2,1H3,(H,13,14). The number of carbonyl (C=O) groups is 2. The van der Waals surface area contributed by atoms with E-state index in [1.807, 2.05) is 0 Å². The fourth-order valence-corrected chi connectivity index (χ4v) is 0.767. The summed E-state index contributed by atoms with van der Waals surface area (Å²) in [4.78, 5) is 23.9. The number of rotatable bonds is 7. The van der Waals surface area contributed by atoms with Gasteiger partial charge in [0, 0.05) is 4.91 Å². The number of esters is 1. The van der Waals surface area contributed by atoms with Crippen LogP contribution in [0.25, 0.3) is 10.4 Å². The Labute approximate surface area is 85.8 Å². The highest BCUT2D eigenvalue weighted by Crippen LogP contribution is 1.87. The molecule has 0 amide bonds. The monoisotopic (exact) mass is 216 g/mol. The van der Waals surface area contributed by atoms with Gasteiger partial charge in [0.15, 0.2) is 0 Å². The SMILES string of the molecule is CCOC(=O)CNC(CN=[N+]=[N-])C(=O)O. The summed E-state index contributed by atoms with van der Waals surface area (Å²) >= 11 is 0. The van der Waals surface area contributed by atoms with Crippen molar-refractivity contribution in [2.24, 2.45) is 5.11 Å². The van der Waals surface area contributed by atoms with E-state index in [1.54, 1.807) is 6.92 Å². The largest absolute Gasteiger partial charge is 0.480 e. The second-order valence-corrected chi connectivity index (χ2v) is 2.49. The molecular formula is C7H12N4O4. The second-order valence-electron chi connectivity index (χ2n) is 2.49. The Bertz CT molecular complexity index is 274. The van der Waals surface area contributed by atoms with Crippen LogP contribution in [0, 0.1) is 0 Å². The Hall–Kier alpha value is -1.79. The van der Waals surface area contributed by atoms with E-state index in [9.17, 15) is 9.59 Å². The first-order valence-electron chi connectivity index (χ1n) is 4.24. The lowest BCUT2D eigenvalue weighted by Gasteiger charge is -2.10. The summed E-state index contributed by atoms with van der Waals surface area (Å²) in [6, 6.07) is -1.08. The van der Waals surface area contributed by atoms with Gasteiger partial charge in [-0.15, -0.1) is 0 Å². The molecule has 8 nitrogen and oxygen atoms in total. The molecule has 15 heavy (non-hydrogen) atoms. The number of carboxylic acid groups (broad SMARTS) is 1. The molecule has 0 aromatic heterocycles. The topological polar surface area (TPSA) is 124 Å². The van der Waals surface area contributed by atoms with Gasteiger partial charge in [-0.3, -0.25) is 14.9 Å². The van der Waals surface area contributed by atoms with E-state index in [0.29, 0.717) is 0 Å². The molecule has 0 aliphatic heterocycles. The van der Waals surface area contributed by atoms with Crippen molar-refractivity contribution in [2.75, 3.05) is 19.7 Å². The first kappa shape index (κ1) is 13.2. The van der Waals surface area contributed by atoms with Crippen molar-refractivity contribution < 1.29 is 19.4 Å². The van der Waals surface area contributed by atoms with Gasteiger partial charge in [-0.05, 0) is 12.5 Å². The number of aliphatic carboxylic acids is 1. The number of carbonyl (C=O) groups excluding carboxylic acids is 1. The molecule has 1 unspecified atom stereocenters. The molecule has 0 heterocycles. The Morgan fingerprint density at radius 3 is 2.80 bits per heavy atom. The molecule has 8 heteroatoms. The summed E-state index contributed by atoms with van der Waals surface area (Å²) in [5.74, 6) is -1.74. The van der Waals surface area contributed by atoms with Crippen molar-refractivity contribution in [3.8, 4) is 0 Å². The van der Waals surface area contributed by atoms with Crippen LogP contribution in [0.3, 0.4) is 0 Å². The van der Waals surface area contributed by atoms with Crippen molar-refractivity contribution in [3.05, 3.63) is 10.4 Å². The molecule has 0 aliphatic rings. The smallest absolute Gasteiger partial charge is 0.320 e. The fourth-order valence-electron chi connectivity index (χ4n) is 0.767. The van der Waals surface area contributed by atoms with Crippen molar-refractivity contribution >= 4 is 11.9 Å². The normalized spacial score (nSPS) is 11.3. The maximum absolute atomic E-state index is 10.9. The highest BCUT2D eigenvalue weighted by molar-refractivity contribution is 5.76. The molecule has 0 aromatic carbocycles. The lowest BCUT2D eigenvalue weighted by atomic mass is 10.3. The van der Waals surface area contributed by atoms with Crippen LogP contribution in [-0.2, 0) is 14.3 Å². The first-order valence-corrected chi connectivity index (χ1v) is 4.24. The average molecular weight is 216 g/mol. The van der Waals surface area contributed by atoms with Gasteiger partial charge in [0.1, 0.15) is 6.04 Å². The van der Waals surface area contributed by atoms with Crippen LogP contribution in [0.2, 0.25) is 0 Å². The maximum Gasteiger partial charge on any atom is 0.320 e. The van der Waals surface area contributed by atoms with Crippen LogP contribution < -0.4 is 5.32 Å². The zero-order valence-electron chi connectivity index (χ0n) is 8.21. The predicted molar refractivity (Wildman–Crippen MR) is 50.1 cm³/mol. The summed E-state index contributed by atoms with van der Waals surface area (Å²) in [5.41, 5.74) is 8.00. The maximum atomic E-state index is 10.9. The third-order valence-corrected chi connectivity index (χ3v) is 1.42. The van der Waals surface area contributed by atoms with Crippen LogP contribution >= 0.6 is 0 Å². The van der Waals surface area contributed by atoms with Crippen LogP contribution in [-0.4, -0.2) is 42.8 Å². The third-order valence-electron chi connectivity index (χ3n) is 1.42. The summed E-state index contributed by atoms with van der Waals surface area (Å²) in [7, 11) is 0. The van der Waals surface area contributed by atoms with Crippen molar-refractivity contribution in [3.63, 3.8) is 0 Å². The van der Waals surface area contributed by atoms with Gasteiger partial charge >= 0.3 is 11.9 Å². The fraction of sp³-hybridized carbons (Fsp3) is 0.714. The minimum Gasteiger partial charge on any atom is -0.480 e. The van der Waals surface area contributed by atoms with E-state index >= 15 is 0 Å². The number of ether oxygens (including phenoxy) is 1. The average Bonchev–Trinajstić information content (AvgIpc) is 2.17. The van der Waals surface area contributed by atoms with E-state index < -0.39 is 18.0 Å². The Morgan fingerprint density at radius 1 is 1.67 bits per heavy atom. The zero-order valence-corrected chi connectivity index (χ0v) is 8.21. The summed E-state index contributed by atoms with van der Waals surface area (Å²) < 4.78 is 4.58. The highest BCUT2D eigenvalue weighted by atomic mass is 16.5. The van der Waals surface area contributed by atoms with Crippen molar-refractivity contribution in [1.82, 2.24) is 5.32 Å². The van der Waals surface area contributed by atoms with Crippen LogP contribution in [0.5, 0.6) is 0 Å². The molecule has 0 bridgehead atoms. The van der Waals surface area contributed by atoms with Gasteiger partial charge in [-0.25, -0.2) is 0 Å². The zero-order chi connectivity index (χ0) is 11.7. The predicted octanol–water partition coefficient (Wildman–Crippen LogP) is -0.0974. The van der Waals surface area contributed by atoms with Crippen molar-refractivity contribution in [2.45, 2.75) is 13.0 Å². The van der Waals surface area contributed by atoms with Gasteiger partial charge in [0.05, 0.1) is 19.7 Å². The number of nitrogens with zero attached hydrogens (tertiary/aromatic N) is 3. The molecule has 0 aliphatic carbocycles. The molecule has 0 spiro atoms. The molecular weight excluding hydrogens is 204 g/mol. The number of hydrogen-bond acceptors (Lipinski definition) is 5. The molecule has 2 N–H and O–H groups in total. The van der Waals surface area contributed by atoms with Gasteiger partial charge in [-0.1, -0.05) is 5.11 Å². The van der Waals surface area contributed by atoms with Crippen LogP contribution in [0.15, 0.2) is 5.11 Å². The van der Waals surface area contributed by atoms with Gasteiger partial charge in [0.25, 0.3) is 0 Å². The lowest BCUT2D eigenvalue weighted by Crippen LogP contribution is -2.42. The third kappa shape index (κ3) is 6.30. The molecule has 0 rings (SSSR count). The highest BCUT2D eigenvalue weighted by Gasteiger charge is 2.16. The molecule has 0 saturated heterocycles. The molecule has 0 radical (unpaired) electrons. The first-order chi connectivity index (χ1) is 7.11. The van der Waals surface area contributed by atoms with Crippen LogP contribution in [0.1, 0.15) is 6.92 Å². The Kier molecular flexibility index (Phi) is 6.69. The van der Waals surface area contributed by atoms with E-state index in [2.05, 4.69) is 20.1 Å². The summed E-state index contributed by atoms with van der Waals surface area (Å²) in [5, 5.41) is 14.1. The minimum atomic E-state index is -1.19. The summed E-state index contributed by atoms with van der Waals surface area (Å²) in [6.45, 7) is 1.39. The number of nitrogens with one attached hydrogen (secondary N) is 1. The molecule has 0 aromatic rings. The van der Waals surface area contributed by atoms with E-state index in [1.165, 1.54) is 0 Å². The van der Waals surface area contributed by atoms with Gasteiger partial charge in [-0.2, -0.15) is 0 Å². The minimum absolute atomic E-state index is 0.230. The van der Waals surface area contributed by atoms with Gasteiger partial charge in [0.2, 0.25) is 0 Å². The molecule has 0 fully saturated rings. The number of hydrogen-bond donors (Lipinski definition) is 2. The number of carboxylic acids is 1. The number of azide groups is 1. The lowest BCUT2D eigenvalue weighted by molar-refractivity contribution is -0.143. The Balaban J connectivity index is 4.01. The van der Waals surface area contributed by atoms with Crippen LogP contribution in [0.4, 0.5) is 0 Å². The second kappa shape index (κ2) is 7.60. The van der Waals surface area contributed by atoms with Crippen molar-refractivity contribution in [1.29, 1.82) is 0 Å². The van der Waals surface area contributed by atoms with E-state index in [0.717, 1.165) is 0 Å². The molecule has 0 saturated carbocycles. The van der Waals surface area contributed by atoms with E-state index in [4.69, 9.17) is 10.6 Å². The quantitative estimate of drug-likeness (QED) is 0.266.